The molecule has 0 N–H and O–H groups in total. The molecule has 0 fully saturated rings. The van der Waals surface area contributed by atoms with Gasteiger partial charge in [0.1, 0.15) is 0 Å². The Kier molecular flexibility index (Phi) is 8.38. The molecule has 11 aromatic rings. The van der Waals surface area contributed by atoms with Gasteiger partial charge in [-0.15, -0.1) is 11.3 Å². The second-order valence-corrected chi connectivity index (χ2v) is 19.1. The molecule has 0 bridgehead atoms. The van der Waals surface area contributed by atoms with Gasteiger partial charge in [0.15, 0.2) is 5.82 Å². The number of fused-ring (bicyclic) bond motifs is 9. The highest BCUT2D eigenvalue weighted by atomic mass is 32.1. The van der Waals surface area contributed by atoms with E-state index in [-0.39, 0.29) is 5.41 Å². The monoisotopic (exact) mass is 846 g/mol. The first-order chi connectivity index (χ1) is 32.0. The van der Waals surface area contributed by atoms with Crippen molar-refractivity contribution in [3.63, 3.8) is 0 Å². The lowest BCUT2D eigenvalue weighted by Gasteiger charge is -2.34. The maximum Gasteiger partial charge on any atom is 0.160 e. The molecule has 0 saturated carbocycles. The topological polar surface area (TPSA) is 25.8 Å². The van der Waals surface area contributed by atoms with E-state index < -0.39 is 5.41 Å². The van der Waals surface area contributed by atoms with E-state index >= 15 is 0 Å². The Hall–Kier alpha value is -7.72. The van der Waals surface area contributed by atoms with Crippen LogP contribution in [0.5, 0.6) is 0 Å². The Morgan fingerprint density at radius 1 is 0.354 bits per heavy atom. The first kappa shape index (κ1) is 37.8. The van der Waals surface area contributed by atoms with Crippen LogP contribution < -0.4 is 0 Å². The summed E-state index contributed by atoms with van der Waals surface area (Å²) in [5.74, 6) is 0.710. The predicted molar refractivity (Wildman–Crippen MR) is 272 cm³/mol. The van der Waals surface area contributed by atoms with Crippen LogP contribution in [0.2, 0.25) is 0 Å². The molecule has 2 aliphatic carbocycles. The van der Waals surface area contributed by atoms with Crippen LogP contribution in [0.1, 0.15) is 47.2 Å². The Labute approximate surface area is 383 Å². The van der Waals surface area contributed by atoms with Crippen LogP contribution in [0.3, 0.4) is 0 Å². The zero-order chi connectivity index (χ0) is 43.3. The second kappa shape index (κ2) is 14.4. The molecule has 2 aliphatic rings. The normalized spacial score (nSPS) is 13.9. The highest BCUT2D eigenvalue weighted by Crippen LogP contribution is 2.57. The summed E-state index contributed by atoms with van der Waals surface area (Å²) in [4.78, 5) is 10.9. The quantitative estimate of drug-likeness (QED) is 0.167. The van der Waals surface area contributed by atoms with Crippen molar-refractivity contribution in [1.82, 2.24) is 9.97 Å². The molecule has 9 aromatic carbocycles. The molecule has 65 heavy (non-hydrogen) atoms. The third-order valence-electron chi connectivity index (χ3n) is 14.2. The van der Waals surface area contributed by atoms with Gasteiger partial charge in [-0.25, -0.2) is 9.97 Å². The lowest BCUT2D eigenvalue weighted by atomic mass is 9.67. The van der Waals surface area contributed by atoms with Crippen LogP contribution >= 0.6 is 11.3 Å². The molecule has 306 valence electrons. The Balaban J connectivity index is 1.01. The van der Waals surface area contributed by atoms with Gasteiger partial charge in [-0.3, -0.25) is 0 Å². The molecule has 2 aromatic heterocycles. The van der Waals surface area contributed by atoms with E-state index in [1.807, 2.05) is 11.3 Å². The van der Waals surface area contributed by atoms with Crippen molar-refractivity contribution < 1.29 is 0 Å². The Bertz CT molecular complexity index is 3640. The van der Waals surface area contributed by atoms with Gasteiger partial charge in [0.05, 0.1) is 16.8 Å². The standard InChI is InChI=1S/C62H42N2S/c1-61(2)51-24-12-9-21-47(51)50-36-42(33-35-52(50)61)60-63-55(40-30-28-39(29-31-40)45-23-15-27-58-59(45)49-22-11-14-26-57(49)65-58)38-56(64-60)41-32-34-48-46-20-10-13-25-53(46)62(54(48)37-41,43-16-5-3-6-17-43)44-18-7-4-8-19-44/h3-38H,1-2H3. The van der Waals surface area contributed by atoms with Gasteiger partial charge in [-0.2, -0.15) is 0 Å². The molecular weight excluding hydrogens is 805 g/mol. The molecule has 0 saturated heterocycles. The average molecular weight is 847 g/mol. The van der Waals surface area contributed by atoms with Crippen molar-refractivity contribution in [3.05, 3.63) is 252 Å². The van der Waals surface area contributed by atoms with Gasteiger partial charge in [-0.1, -0.05) is 202 Å². The molecule has 0 amide bonds. The van der Waals surface area contributed by atoms with Crippen LogP contribution in [0.4, 0.5) is 0 Å². The lowest BCUT2D eigenvalue weighted by Crippen LogP contribution is -2.28. The fourth-order valence-corrected chi connectivity index (χ4v) is 12.3. The van der Waals surface area contributed by atoms with Crippen molar-refractivity contribution in [2.24, 2.45) is 0 Å². The first-order valence-corrected chi connectivity index (χ1v) is 23.3. The van der Waals surface area contributed by atoms with Crippen LogP contribution in [0, 0.1) is 0 Å². The second-order valence-electron chi connectivity index (χ2n) is 18.0. The predicted octanol–water partition coefficient (Wildman–Crippen LogP) is 16.2. The smallest absolute Gasteiger partial charge is 0.160 e. The zero-order valence-electron chi connectivity index (χ0n) is 36.1. The van der Waals surface area contributed by atoms with Crippen molar-refractivity contribution >= 4 is 31.5 Å². The average Bonchev–Trinajstić information content (AvgIpc) is 3.98. The van der Waals surface area contributed by atoms with Gasteiger partial charge < -0.3 is 0 Å². The van der Waals surface area contributed by atoms with Gasteiger partial charge in [0.2, 0.25) is 0 Å². The Morgan fingerprint density at radius 2 is 0.892 bits per heavy atom. The summed E-state index contributed by atoms with van der Waals surface area (Å²) in [6.45, 7) is 4.66. The van der Waals surface area contributed by atoms with E-state index in [1.165, 1.54) is 86.9 Å². The third-order valence-corrected chi connectivity index (χ3v) is 15.4. The summed E-state index contributed by atoms with van der Waals surface area (Å²) in [7, 11) is 0. The highest BCUT2D eigenvalue weighted by molar-refractivity contribution is 7.25. The molecule has 2 heterocycles. The number of hydrogen-bond acceptors (Lipinski definition) is 3. The minimum absolute atomic E-state index is 0.0916. The number of hydrogen-bond donors (Lipinski definition) is 0. The molecule has 0 aliphatic heterocycles. The van der Waals surface area contributed by atoms with E-state index in [9.17, 15) is 0 Å². The number of nitrogens with zero attached hydrogens (tertiary/aromatic N) is 2. The molecule has 0 radical (unpaired) electrons. The van der Waals surface area contributed by atoms with Crippen LogP contribution in [0.15, 0.2) is 218 Å². The number of benzene rings is 9. The van der Waals surface area contributed by atoms with E-state index in [0.717, 1.165) is 28.1 Å². The van der Waals surface area contributed by atoms with E-state index in [1.54, 1.807) is 0 Å². The minimum Gasteiger partial charge on any atom is -0.228 e. The van der Waals surface area contributed by atoms with Crippen molar-refractivity contribution in [2.45, 2.75) is 24.7 Å². The molecule has 0 unspecified atom stereocenters. The lowest BCUT2D eigenvalue weighted by molar-refractivity contribution is 0.660. The van der Waals surface area contributed by atoms with Crippen molar-refractivity contribution in [1.29, 1.82) is 0 Å². The van der Waals surface area contributed by atoms with E-state index in [0.29, 0.717) is 5.82 Å². The summed E-state index contributed by atoms with van der Waals surface area (Å²) in [5, 5.41) is 2.62. The molecule has 0 spiro atoms. The minimum atomic E-state index is -0.518. The number of aromatic nitrogens is 2. The van der Waals surface area contributed by atoms with Crippen LogP contribution in [0.25, 0.3) is 87.5 Å². The highest BCUT2D eigenvalue weighted by Gasteiger charge is 2.46. The molecule has 0 atom stereocenters. The number of rotatable bonds is 6. The summed E-state index contributed by atoms with van der Waals surface area (Å²) in [6, 6.07) is 80.2. The van der Waals surface area contributed by atoms with E-state index in [4.69, 9.17) is 9.97 Å². The SMILES string of the molecule is CC1(C)c2ccccc2-c2cc(-c3nc(-c4ccc(-c5cccc6sc7ccccc7c56)cc4)cc(-c4ccc5c(c4)C(c4ccccc4)(c4ccccc4)c4ccccc4-5)n3)ccc21. The molecule has 3 heteroatoms. The van der Waals surface area contributed by atoms with Crippen LogP contribution in [-0.4, -0.2) is 9.97 Å². The number of thiophene rings is 1. The van der Waals surface area contributed by atoms with Gasteiger partial charge in [-0.05, 0) is 97.1 Å². The maximum absolute atomic E-state index is 5.50. The molecule has 2 nitrogen and oxygen atoms in total. The van der Waals surface area contributed by atoms with Gasteiger partial charge in [0, 0.05) is 42.3 Å². The van der Waals surface area contributed by atoms with Gasteiger partial charge >= 0.3 is 0 Å². The summed E-state index contributed by atoms with van der Waals surface area (Å²) >= 11 is 1.86. The van der Waals surface area contributed by atoms with Crippen molar-refractivity contribution in [2.75, 3.05) is 0 Å². The molecule has 13 rings (SSSR count). The summed E-state index contributed by atoms with van der Waals surface area (Å²) < 4.78 is 2.62. The fourth-order valence-electron chi connectivity index (χ4n) is 11.2. The summed E-state index contributed by atoms with van der Waals surface area (Å²) in [5.41, 5.74) is 19.5. The zero-order valence-corrected chi connectivity index (χ0v) is 36.9. The maximum atomic E-state index is 5.50. The van der Waals surface area contributed by atoms with Gasteiger partial charge in [0.25, 0.3) is 0 Å². The largest absolute Gasteiger partial charge is 0.228 e. The third kappa shape index (κ3) is 5.65. The van der Waals surface area contributed by atoms with Crippen LogP contribution in [-0.2, 0) is 10.8 Å². The fraction of sp³-hybridized carbons (Fsp3) is 0.0645. The Morgan fingerprint density at radius 3 is 1.65 bits per heavy atom. The van der Waals surface area contributed by atoms with E-state index in [2.05, 4.69) is 232 Å². The first-order valence-electron chi connectivity index (χ1n) is 22.5. The molecular formula is C62H42N2S. The summed E-state index contributed by atoms with van der Waals surface area (Å²) in [6.07, 6.45) is 0. The van der Waals surface area contributed by atoms with Crippen molar-refractivity contribution in [3.8, 4) is 67.3 Å².